The van der Waals surface area contributed by atoms with Crippen LogP contribution in [0.15, 0.2) is 18.3 Å². The molecule has 1 heterocycles. The van der Waals surface area contributed by atoms with Crippen molar-refractivity contribution in [2.24, 2.45) is 0 Å². The van der Waals surface area contributed by atoms with Crippen molar-refractivity contribution in [2.75, 3.05) is 0 Å². The molecule has 0 spiro atoms. The van der Waals surface area contributed by atoms with Crippen molar-refractivity contribution < 1.29 is 14.8 Å². The second-order valence-electron chi connectivity index (χ2n) is 3.80. The van der Waals surface area contributed by atoms with E-state index >= 15 is 0 Å². The second-order valence-corrected chi connectivity index (χ2v) is 3.80. The van der Waals surface area contributed by atoms with Gasteiger partial charge in [-0.15, -0.1) is 0 Å². The Balaban J connectivity index is 2.12. The third-order valence-corrected chi connectivity index (χ3v) is 2.66. The lowest BCUT2D eigenvalue weighted by molar-refractivity contribution is 0.202. The van der Waals surface area contributed by atoms with Gasteiger partial charge in [0, 0.05) is 11.7 Å². The zero-order valence-corrected chi connectivity index (χ0v) is 8.47. The van der Waals surface area contributed by atoms with Crippen molar-refractivity contribution >= 4 is 12.6 Å². The molecule has 0 bridgehead atoms. The Labute approximate surface area is 89.1 Å². The maximum Gasteiger partial charge on any atom is 0.494 e. The van der Waals surface area contributed by atoms with Gasteiger partial charge in [-0.1, -0.05) is 6.07 Å². The molecule has 1 aliphatic rings. The third-order valence-electron chi connectivity index (χ3n) is 2.66. The van der Waals surface area contributed by atoms with Crippen molar-refractivity contribution in [3.63, 3.8) is 0 Å². The van der Waals surface area contributed by atoms with E-state index in [0.717, 1.165) is 12.8 Å². The number of ether oxygens (including phenoxy) is 1. The molecule has 0 amide bonds. The Bertz CT molecular complexity index is 326. The molecule has 0 saturated heterocycles. The smallest absolute Gasteiger partial charge is 0.475 e. The van der Waals surface area contributed by atoms with Crippen LogP contribution in [0, 0.1) is 0 Å². The van der Waals surface area contributed by atoms with Crippen LogP contribution in [0.3, 0.4) is 0 Å². The fourth-order valence-electron chi connectivity index (χ4n) is 1.86. The number of rotatable bonds is 3. The first-order chi connectivity index (χ1) is 7.27. The normalized spacial score (nSPS) is 16.7. The molecule has 0 unspecified atom stereocenters. The highest BCUT2D eigenvalue weighted by Gasteiger charge is 2.22. The molecular formula is C10H14BNO3. The molecule has 2 N–H and O–H groups in total. The van der Waals surface area contributed by atoms with Crippen molar-refractivity contribution in [3.05, 3.63) is 18.3 Å². The lowest BCUT2D eigenvalue weighted by Gasteiger charge is -2.14. The SMILES string of the molecule is OB(O)c1cccnc1OC1CCCC1. The minimum atomic E-state index is -1.52. The van der Waals surface area contributed by atoms with Crippen LogP contribution >= 0.6 is 0 Å². The average molecular weight is 207 g/mol. The first kappa shape index (κ1) is 10.5. The highest BCUT2D eigenvalue weighted by atomic mass is 16.5. The summed E-state index contributed by atoms with van der Waals surface area (Å²) in [4.78, 5) is 4.02. The quantitative estimate of drug-likeness (QED) is 0.689. The average Bonchev–Trinajstić information content (AvgIpc) is 2.71. The van der Waals surface area contributed by atoms with Gasteiger partial charge in [-0.3, -0.25) is 0 Å². The summed E-state index contributed by atoms with van der Waals surface area (Å²) in [5, 5.41) is 18.2. The molecule has 0 radical (unpaired) electrons. The molecule has 4 nitrogen and oxygen atoms in total. The molecule has 0 aromatic carbocycles. The van der Waals surface area contributed by atoms with Gasteiger partial charge in [0.15, 0.2) is 0 Å². The maximum absolute atomic E-state index is 9.11. The van der Waals surface area contributed by atoms with Crippen molar-refractivity contribution in [1.29, 1.82) is 0 Å². The van der Waals surface area contributed by atoms with Gasteiger partial charge in [0.05, 0.1) is 0 Å². The maximum atomic E-state index is 9.11. The molecule has 1 aromatic heterocycles. The fourth-order valence-corrected chi connectivity index (χ4v) is 1.86. The molecule has 15 heavy (non-hydrogen) atoms. The minimum Gasteiger partial charge on any atom is -0.475 e. The van der Waals surface area contributed by atoms with Crippen LogP contribution in [0.2, 0.25) is 0 Å². The molecule has 1 fully saturated rings. The van der Waals surface area contributed by atoms with E-state index in [-0.39, 0.29) is 6.10 Å². The van der Waals surface area contributed by atoms with Gasteiger partial charge in [0.2, 0.25) is 5.88 Å². The monoisotopic (exact) mass is 207 g/mol. The summed E-state index contributed by atoms with van der Waals surface area (Å²) in [6.45, 7) is 0. The molecule has 0 atom stereocenters. The third kappa shape index (κ3) is 2.49. The fraction of sp³-hybridized carbons (Fsp3) is 0.500. The highest BCUT2D eigenvalue weighted by molar-refractivity contribution is 6.59. The van der Waals surface area contributed by atoms with Crippen LogP contribution in [0.1, 0.15) is 25.7 Å². The van der Waals surface area contributed by atoms with Gasteiger partial charge in [-0.25, -0.2) is 4.98 Å². The molecule has 5 heteroatoms. The van der Waals surface area contributed by atoms with Crippen LogP contribution in [-0.4, -0.2) is 28.3 Å². The van der Waals surface area contributed by atoms with Crippen molar-refractivity contribution in [3.8, 4) is 5.88 Å². The molecule has 0 aliphatic heterocycles. The van der Waals surface area contributed by atoms with E-state index in [0.29, 0.717) is 11.3 Å². The van der Waals surface area contributed by atoms with E-state index in [1.54, 1.807) is 18.3 Å². The molecule has 1 aliphatic carbocycles. The van der Waals surface area contributed by atoms with Crippen LogP contribution < -0.4 is 10.2 Å². The highest BCUT2D eigenvalue weighted by Crippen LogP contribution is 2.21. The van der Waals surface area contributed by atoms with E-state index in [4.69, 9.17) is 14.8 Å². The van der Waals surface area contributed by atoms with E-state index in [9.17, 15) is 0 Å². The summed E-state index contributed by atoms with van der Waals surface area (Å²) >= 11 is 0. The molecule has 1 saturated carbocycles. The van der Waals surface area contributed by atoms with Crippen LogP contribution in [0.25, 0.3) is 0 Å². The van der Waals surface area contributed by atoms with E-state index in [2.05, 4.69) is 4.98 Å². The second kappa shape index (κ2) is 4.64. The molecule has 1 aromatic rings. The minimum absolute atomic E-state index is 0.178. The lowest BCUT2D eigenvalue weighted by Crippen LogP contribution is -2.33. The van der Waals surface area contributed by atoms with Crippen LogP contribution in [0.5, 0.6) is 5.88 Å². The summed E-state index contributed by atoms with van der Waals surface area (Å²) in [5.74, 6) is 0.347. The number of nitrogens with zero attached hydrogens (tertiary/aromatic N) is 1. The summed E-state index contributed by atoms with van der Waals surface area (Å²) < 4.78 is 5.64. The van der Waals surface area contributed by atoms with Gasteiger partial charge >= 0.3 is 7.12 Å². The van der Waals surface area contributed by atoms with Crippen molar-refractivity contribution in [2.45, 2.75) is 31.8 Å². The Hall–Kier alpha value is -1.07. The standard InChI is InChI=1S/C10H14BNO3/c13-11(14)9-6-3-7-12-10(9)15-8-4-1-2-5-8/h3,6-8,13-14H,1-2,4-5H2. The van der Waals surface area contributed by atoms with Crippen LogP contribution in [0.4, 0.5) is 0 Å². The first-order valence-corrected chi connectivity index (χ1v) is 5.25. The van der Waals surface area contributed by atoms with Gasteiger partial charge in [-0.05, 0) is 31.7 Å². The molecular weight excluding hydrogens is 193 g/mol. The van der Waals surface area contributed by atoms with Gasteiger partial charge in [-0.2, -0.15) is 0 Å². The lowest BCUT2D eigenvalue weighted by atomic mass is 9.81. The topological polar surface area (TPSA) is 62.6 Å². The predicted molar refractivity (Wildman–Crippen MR) is 56.9 cm³/mol. The molecule has 80 valence electrons. The summed E-state index contributed by atoms with van der Waals surface area (Å²) in [6, 6.07) is 3.28. The summed E-state index contributed by atoms with van der Waals surface area (Å²) in [5.41, 5.74) is 0.337. The predicted octanol–water partition coefficient (Wildman–Crippen LogP) is 0.0828. The summed E-state index contributed by atoms with van der Waals surface area (Å²) in [6.07, 6.45) is 6.17. The van der Waals surface area contributed by atoms with E-state index in [1.807, 2.05) is 0 Å². The number of pyridine rings is 1. The zero-order chi connectivity index (χ0) is 10.7. The van der Waals surface area contributed by atoms with Crippen LogP contribution in [-0.2, 0) is 0 Å². The van der Waals surface area contributed by atoms with Gasteiger partial charge in [0.1, 0.15) is 6.10 Å². The van der Waals surface area contributed by atoms with E-state index < -0.39 is 7.12 Å². The van der Waals surface area contributed by atoms with Gasteiger partial charge in [0.25, 0.3) is 0 Å². The molecule has 2 rings (SSSR count). The Morgan fingerprint density at radius 1 is 1.33 bits per heavy atom. The Kier molecular flexibility index (Phi) is 3.23. The largest absolute Gasteiger partial charge is 0.494 e. The Morgan fingerprint density at radius 2 is 2.07 bits per heavy atom. The number of hydrogen-bond donors (Lipinski definition) is 2. The summed E-state index contributed by atoms with van der Waals surface area (Å²) in [7, 11) is -1.52. The zero-order valence-electron chi connectivity index (χ0n) is 8.47. The van der Waals surface area contributed by atoms with Gasteiger partial charge < -0.3 is 14.8 Å². The number of aromatic nitrogens is 1. The Morgan fingerprint density at radius 3 is 2.73 bits per heavy atom. The van der Waals surface area contributed by atoms with E-state index in [1.165, 1.54) is 12.8 Å². The first-order valence-electron chi connectivity index (χ1n) is 5.25. The number of hydrogen-bond acceptors (Lipinski definition) is 4. The van der Waals surface area contributed by atoms with Crippen molar-refractivity contribution in [1.82, 2.24) is 4.98 Å².